The number of aliphatic hydroxyl groups excluding tert-OH is 4. The van der Waals surface area contributed by atoms with Crippen LogP contribution in [0, 0.1) is 30.6 Å². The Hall–Kier alpha value is -1.64. The van der Waals surface area contributed by atoms with Crippen molar-refractivity contribution < 1.29 is 38.7 Å². The molecule has 7 heteroatoms. The molecular formula is C25H34O7. The molecule has 1 saturated heterocycles. The van der Waals surface area contributed by atoms with Gasteiger partial charge < -0.3 is 34.6 Å². The Morgan fingerprint density at radius 1 is 1.03 bits per heavy atom. The maximum Gasteiger partial charge on any atom is 0.229 e. The van der Waals surface area contributed by atoms with Crippen molar-refractivity contribution in [1.82, 2.24) is 0 Å². The molecule has 2 unspecified atom stereocenters. The van der Waals surface area contributed by atoms with Crippen LogP contribution in [0.15, 0.2) is 23.8 Å². The summed E-state index contributed by atoms with van der Waals surface area (Å²) >= 11 is 0. The molecule has 0 amide bonds. The van der Waals surface area contributed by atoms with Gasteiger partial charge in [-0.25, -0.2) is 0 Å². The van der Waals surface area contributed by atoms with Crippen molar-refractivity contribution in [3.05, 3.63) is 34.9 Å². The van der Waals surface area contributed by atoms with Gasteiger partial charge in [0, 0.05) is 5.56 Å². The standard InChI is InChI=1S/C25H34O7/c1-12-3-4-15(10-18(12)31-25-23(29)22(28)21(27)19(11-26)32-25)24(30-2)20-16-6-13-5-14(8-16)9-17(20)7-13/h3-4,10,13-14,16-17,19,21-23,25-29H,5-9,11H2,1-2H3/t13?,14?,16?,17?,19?,21-,22-,23?,25+/m0/s1/i2D3. The highest BCUT2D eigenvalue weighted by Crippen LogP contribution is 2.58. The van der Waals surface area contributed by atoms with Gasteiger partial charge in [0.2, 0.25) is 6.29 Å². The number of ether oxygens (including phenoxy) is 3. The molecule has 4 N–H and O–H groups in total. The van der Waals surface area contributed by atoms with Gasteiger partial charge in [-0.3, -0.25) is 0 Å². The Morgan fingerprint density at radius 3 is 2.34 bits per heavy atom. The molecule has 4 aliphatic carbocycles. The number of hydrogen-bond donors (Lipinski definition) is 4. The molecule has 1 aliphatic heterocycles. The molecule has 7 nitrogen and oxygen atoms in total. The highest BCUT2D eigenvalue weighted by Gasteiger charge is 2.47. The minimum Gasteiger partial charge on any atom is -0.496 e. The van der Waals surface area contributed by atoms with E-state index in [9.17, 15) is 20.4 Å². The van der Waals surface area contributed by atoms with Crippen molar-refractivity contribution in [2.75, 3.05) is 13.6 Å². The van der Waals surface area contributed by atoms with Crippen molar-refractivity contribution in [1.29, 1.82) is 0 Å². The average Bonchev–Trinajstić information content (AvgIpc) is 2.78. The van der Waals surface area contributed by atoms with Crippen molar-refractivity contribution in [3.8, 4) is 5.75 Å². The Bertz CT molecular complexity index is 946. The van der Waals surface area contributed by atoms with E-state index in [0.717, 1.165) is 31.3 Å². The van der Waals surface area contributed by atoms with Crippen LogP contribution in [0.2, 0.25) is 0 Å². The summed E-state index contributed by atoms with van der Waals surface area (Å²) in [7, 11) is -2.61. The fourth-order valence-corrected chi connectivity index (χ4v) is 6.51. The number of rotatable bonds is 5. The second kappa shape index (κ2) is 8.61. The molecule has 1 aromatic carbocycles. The number of benzene rings is 1. The zero-order valence-corrected chi connectivity index (χ0v) is 18.2. The van der Waals surface area contributed by atoms with Gasteiger partial charge in [0.05, 0.1) is 17.8 Å². The maximum atomic E-state index is 10.4. The fourth-order valence-electron chi connectivity index (χ4n) is 6.51. The van der Waals surface area contributed by atoms with Crippen LogP contribution in [0.4, 0.5) is 0 Å². The first-order chi connectivity index (χ1) is 16.5. The highest BCUT2D eigenvalue weighted by atomic mass is 16.7. The summed E-state index contributed by atoms with van der Waals surface area (Å²) in [4.78, 5) is 0. The van der Waals surface area contributed by atoms with Gasteiger partial charge in [0.15, 0.2) is 0 Å². The van der Waals surface area contributed by atoms with E-state index in [0.29, 0.717) is 46.3 Å². The monoisotopic (exact) mass is 449 g/mol. The summed E-state index contributed by atoms with van der Waals surface area (Å²) in [6.45, 7) is 1.24. The van der Waals surface area contributed by atoms with Crippen LogP contribution in [0.1, 0.15) is 47.3 Å². The van der Waals surface area contributed by atoms with Gasteiger partial charge in [0.25, 0.3) is 0 Å². The van der Waals surface area contributed by atoms with Crippen LogP contribution in [0.3, 0.4) is 0 Å². The second-order valence-corrected chi connectivity index (χ2v) is 9.99. The van der Waals surface area contributed by atoms with Crippen molar-refractivity contribution >= 4 is 5.76 Å². The highest BCUT2D eigenvalue weighted by molar-refractivity contribution is 5.66. The topological polar surface area (TPSA) is 109 Å². The molecule has 0 spiro atoms. The van der Waals surface area contributed by atoms with Crippen LogP contribution < -0.4 is 4.74 Å². The van der Waals surface area contributed by atoms with E-state index >= 15 is 0 Å². The summed E-state index contributed by atoms with van der Waals surface area (Å²) in [5.41, 5.74) is 2.37. The third-order valence-electron chi connectivity index (χ3n) is 7.92. The summed E-state index contributed by atoms with van der Waals surface area (Å²) in [5.74, 6) is 2.76. The van der Waals surface area contributed by atoms with Crippen molar-refractivity contribution in [3.63, 3.8) is 0 Å². The lowest BCUT2D eigenvalue weighted by Gasteiger charge is -2.51. The zero-order valence-electron chi connectivity index (χ0n) is 21.2. The molecule has 5 aliphatic rings. The van der Waals surface area contributed by atoms with Gasteiger partial charge in [-0.15, -0.1) is 0 Å². The van der Waals surface area contributed by atoms with Crippen molar-refractivity contribution in [2.45, 2.75) is 69.7 Å². The van der Waals surface area contributed by atoms with E-state index in [4.69, 9.17) is 18.3 Å². The molecule has 6 rings (SSSR count). The lowest BCUT2D eigenvalue weighted by atomic mass is 9.54. The first-order valence-corrected chi connectivity index (χ1v) is 11.5. The predicted octanol–water partition coefficient (Wildman–Crippen LogP) is 1.99. The molecule has 5 fully saturated rings. The number of allylic oxidation sites excluding steroid dienone is 1. The number of aliphatic hydroxyl groups is 4. The van der Waals surface area contributed by atoms with Crippen molar-refractivity contribution in [2.24, 2.45) is 23.7 Å². The fraction of sp³-hybridized carbons (Fsp3) is 0.680. The van der Waals surface area contributed by atoms with Gasteiger partial charge in [0.1, 0.15) is 35.9 Å². The third kappa shape index (κ3) is 3.74. The summed E-state index contributed by atoms with van der Waals surface area (Å²) in [6.07, 6.45) is -1.47. The molecule has 1 aromatic rings. The minimum atomic E-state index is -2.61. The van der Waals surface area contributed by atoms with Gasteiger partial charge >= 0.3 is 0 Å². The predicted molar refractivity (Wildman–Crippen MR) is 117 cm³/mol. The van der Waals surface area contributed by atoms with Crippen LogP contribution in [0.25, 0.3) is 5.76 Å². The summed E-state index contributed by atoms with van der Waals surface area (Å²) in [5, 5.41) is 40.0. The van der Waals surface area contributed by atoms with E-state index in [1.807, 2.05) is 6.07 Å². The molecule has 4 bridgehead atoms. The molecule has 0 radical (unpaired) electrons. The molecule has 0 aromatic heterocycles. The number of methoxy groups -OCH3 is 1. The molecule has 1 heterocycles. The first kappa shape index (κ1) is 18.7. The van der Waals surface area contributed by atoms with Crippen LogP contribution in [-0.4, -0.2) is 64.8 Å². The quantitative estimate of drug-likeness (QED) is 0.509. The van der Waals surface area contributed by atoms with E-state index in [-0.39, 0.29) is 0 Å². The molecule has 32 heavy (non-hydrogen) atoms. The summed E-state index contributed by atoms with van der Waals surface area (Å²) < 4.78 is 40.5. The smallest absolute Gasteiger partial charge is 0.229 e. The van der Waals surface area contributed by atoms with Crippen LogP contribution in [0.5, 0.6) is 5.75 Å². The normalized spacial score (nSPS) is 42.2. The lowest BCUT2D eigenvalue weighted by Crippen LogP contribution is -2.60. The van der Waals surface area contributed by atoms with Gasteiger partial charge in [-0.05, 0) is 79.9 Å². The zero-order chi connectivity index (χ0) is 25.1. The van der Waals surface area contributed by atoms with E-state index < -0.39 is 44.4 Å². The van der Waals surface area contributed by atoms with Gasteiger partial charge in [-0.1, -0.05) is 12.1 Å². The van der Waals surface area contributed by atoms with E-state index in [2.05, 4.69) is 0 Å². The molecule has 176 valence electrons. The third-order valence-corrected chi connectivity index (χ3v) is 7.92. The summed E-state index contributed by atoms with van der Waals surface area (Å²) in [6, 6.07) is 5.28. The molecular weight excluding hydrogens is 412 g/mol. The Balaban J connectivity index is 1.49. The first-order valence-electron chi connectivity index (χ1n) is 13.0. The number of hydrogen-bond acceptors (Lipinski definition) is 7. The van der Waals surface area contributed by atoms with Crippen LogP contribution >= 0.6 is 0 Å². The minimum absolute atomic E-state index is 0.319. The molecule has 4 saturated carbocycles. The number of aryl methyl sites for hydroxylation is 1. The maximum absolute atomic E-state index is 10.4. The van der Waals surface area contributed by atoms with E-state index in [1.54, 1.807) is 19.1 Å². The Kier molecular flexibility index (Phi) is 5.05. The lowest BCUT2D eigenvalue weighted by molar-refractivity contribution is -0.277. The average molecular weight is 450 g/mol. The van der Waals surface area contributed by atoms with Gasteiger partial charge in [-0.2, -0.15) is 0 Å². The van der Waals surface area contributed by atoms with Crippen LogP contribution in [-0.2, 0) is 9.47 Å². The van der Waals surface area contributed by atoms with E-state index in [1.165, 1.54) is 6.42 Å². The SMILES string of the molecule is [2H]C([2H])([2H])OC(=C1C2CC3CC(C2)CC1C3)c1ccc(C)c(O[C@@H]2OC(CO)[C@H](O)[C@H](O)C2O)c1. The Labute approximate surface area is 192 Å². The molecule has 5 atom stereocenters. The Morgan fingerprint density at radius 2 is 1.72 bits per heavy atom. The second-order valence-electron chi connectivity index (χ2n) is 9.99. The largest absolute Gasteiger partial charge is 0.496 e.